The van der Waals surface area contributed by atoms with Crippen LogP contribution in [-0.2, 0) is 0 Å². The van der Waals surface area contributed by atoms with Gasteiger partial charge >= 0.3 is 0 Å². The van der Waals surface area contributed by atoms with Crippen molar-refractivity contribution in [1.29, 1.82) is 0 Å². The molecule has 100 valence electrons. The van der Waals surface area contributed by atoms with E-state index in [4.69, 9.17) is 0 Å². The summed E-state index contributed by atoms with van der Waals surface area (Å²) in [5.74, 6) is 0. The van der Waals surface area contributed by atoms with Gasteiger partial charge in [-0.2, -0.15) is 0 Å². The van der Waals surface area contributed by atoms with Crippen molar-refractivity contribution >= 4 is 13.3 Å². The Morgan fingerprint density at radius 2 is 1.26 bits per heavy atom. The van der Waals surface area contributed by atoms with Gasteiger partial charge in [-0.05, 0) is 19.7 Å². The maximum absolute atomic E-state index is 2.46. The van der Waals surface area contributed by atoms with Crippen molar-refractivity contribution < 1.29 is 0 Å². The van der Waals surface area contributed by atoms with Gasteiger partial charge in [-0.15, -0.1) is 0 Å². The molecule has 0 aromatic heterocycles. The fourth-order valence-corrected chi connectivity index (χ4v) is 6.71. The molecule has 0 aliphatic carbocycles. The van der Waals surface area contributed by atoms with E-state index in [0.29, 0.717) is 5.67 Å². The third-order valence-electron chi connectivity index (χ3n) is 3.83. The van der Waals surface area contributed by atoms with Gasteiger partial charge in [0.25, 0.3) is 0 Å². The number of hydrogen-bond donors (Lipinski definition) is 0. The zero-order valence-corrected chi connectivity index (χ0v) is 13.3. The van der Waals surface area contributed by atoms with E-state index in [9.17, 15) is 0 Å². The highest BCUT2D eigenvalue weighted by molar-refractivity contribution is 6.90. The van der Waals surface area contributed by atoms with Crippen molar-refractivity contribution in [2.45, 2.75) is 18.8 Å². The first-order valence-electron chi connectivity index (χ1n) is 6.80. The summed E-state index contributed by atoms with van der Waals surface area (Å²) in [6.45, 7) is 4.92. The Bertz CT molecular complexity index is 505. The van der Waals surface area contributed by atoms with Crippen molar-refractivity contribution in [2.75, 3.05) is 14.1 Å². The first kappa shape index (κ1) is 14.0. The first-order chi connectivity index (χ1) is 9.03. The largest absolute Gasteiger partial charge is 0.305 e. The molecule has 0 fully saturated rings. The summed E-state index contributed by atoms with van der Waals surface area (Å²) in [5, 5.41) is 1.51. The molecule has 1 nitrogen and oxygen atoms in total. The molecule has 1 atom stereocenters. The van der Waals surface area contributed by atoms with E-state index in [2.05, 4.69) is 92.8 Å². The highest BCUT2D eigenvalue weighted by Crippen LogP contribution is 2.28. The second-order valence-corrected chi connectivity index (χ2v) is 10.4. The minimum Gasteiger partial charge on any atom is -0.305 e. The highest BCUT2D eigenvalue weighted by atomic mass is 28.3. The summed E-state index contributed by atoms with van der Waals surface area (Å²) < 4.78 is 0. The van der Waals surface area contributed by atoms with Gasteiger partial charge in [-0.3, -0.25) is 0 Å². The van der Waals surface area contributed by atoms with Gasteiger partial charge in [0.15, 0.2) is 0 Å². The lowest BCUT2D eigenvalue weighted by Gasteiger charge is -2.38. The lowest BCUT2D eigenvalue weighted by molar-refractivity contribution is 0.373. The van der Waals surface area contributed by atoms with Crippen LogP contribution >= 0.6 is 0 Å². The highest BCUT2D eigenvalue weighted by Gasteiger charge is 2.36. The Hall–Kier alpha value is -1.38. The van der Waals surface area contributed by atoms with Crippen LogP contribution in [0.2, 0.25) is 13.1 Å². The zero-order chi connectivity index (χ0) is 13.9. The van der Waals surface area contributed by atoms with E-state index in [0.717, 1.165) is 0 Å². The van der Waals surface area contributed by atoms with Crippen LogP contribution in [0.1, 0.15) is 11.2 Å². The molecule has 0 heterocycles. The zero-order valence-electron chi connectivity index (χ0n) is 12.3. The maximum atomic E-state index is 2.46. The molecule has 0 aliphatic heterocycles. The second kappa shape index (κ2) is 5.72. The molecule has 0 aliphatic rings. The van der Waals surface area contributed by atoms with Gasteiger partial charge in [0.2, 0.25) is 0 Å². The third kappa shape index (κ3) is 2.96. The molecule has 0 amide bonds. The monoisotopic (exact) mass is 269 g/mol. The van der Waals surface area contributed by atoms with Gasteiger partial charge in [0.1, 0.15) is 8.07 Å². The molecule has 2 aromatic rings. The van der Waals surface area contributed by atoms with E-state index in [1.807, 2.05) is 0 Å². The molecule has 0 saturated carbocycles. The minimum absolute atomic E-state index is 0.496. The van der Waals surface area contributed by atoms with Crippen LogP contribution in [0.4, 0.5) is 0 Å². The van der Waals surface area contributed by atoms with Crippen LogP contribution in [-0.4, -0.2) is 27.1 Å². The van der Waals surface area contributed by atoms with E-state index in [1.165, 1.54) is 10.8 Å². The van der Waals surface area contributed by atoms with Gasteiger partial charge in [0, 0.05) is 5.67 Å². The standard InChI is InChI=1S/C17H23NSi/c1-18(2)17(15-11-7-5-8-12-15)19(3,4)16-13-9-6-10-14-16/h5-14,17H,1-4H3. The van der Waals surface area contributed by atoms with Crippen LogP contribution in [0.3, 0.4) is 0 Å². The van der Waals surface area contributed by atoms with Gasteiger partial charge < -0.3 is 4.90 Å². The average molecular weight is 269 g/mol. The maximum Gasteiger partial charge on any atom is 0.104 e. The van der Waals surface area contributed by atoms with Crippen molar-refractivity contribution in [3.05, 3.63) is 66.2 Å². The molecule has 2 rings (SSSR count). The normalized spacial score (nSPS) is 13.5. The van der Waals surface area contributed by atoms with Crippen molar-refractivity contribution in [2.24, 2.45) is 0 Å². The van der Waals surface area contributed by atoms with Gasteiger partial charge in [0.05, 0.1) is 0 Å². The summed E-state index contributed by atoms with van der Waals surface area (Å²) in [6.07, 6.45) is 0. The molecule has 0 bridgehead atoms. The summed E-state index contributed by atoms with van der Waals surface area (Å²) in [6, 6.07) is 21.8. The lowest BCUT2D eigenvalue weighted by atomic mass is 10.2. The SMILES string of the molecule is CN(C)C(c1ccccc1)[Si](C)(C)c1ccccc1. The second-order valence-electron chi connectivity index (χ2n) is 5.86. The third-order valence-corrected chi connectivity index (χ3v) is 7.87. The summed E-state index contributed by atoms with van der Waals surface area (Å²) >= 11 is 0. The summed E-state index contributed by atoms with van der Waals surface area (Å²) in [4.78, 5) is 2.37. The molecule has 2 heteroatoms. The number of hydrogen-bond acceptors (Lipinski definition) is 1. The van der Waals surface area contributed by atoms with Crippen LogP contribution in [0, 0.1) is 0 Å². The Morgan fingerprint density at radius 3 is 1.74 bits per heavy atom. The van der Waals surface area contributed by atoms with Gasteiger partial charge in [-0.1, -0.05) is 78.9 Å². The summed E-state index contributed by atoms with van der Waals surface area (Å²) in [5.41, 5.74) is 1.92. The smallest absolute Gasteiger partial charge is 0.104 e. The van der Waals surface area contributed by atoms with Crippen LogP contribution < -0.4 is 5.19 Å². The molecule has 0 saturated heterocycles. The first-order valence-corrected chi connectivity index (χ1v) is 9.88. The molecule has 0 radical (unpaired) electrons. The van der Waals surface area contributed by atoms with E-state index < -0.39 is 8.07 Å². The Morgan fingerprint density at radius 1 is 0.789 bits per heavy atom. The molecule has 0 N–H and O–H groups in total. The number of nitrogens with zero attached hydrogens (tertiary/aromatic N) is 1. The Balaban J connectivity index is 2.45. The Kier molecular flexibility index (Phi) is 4.23. The summed E-state index contributed by atoms with van der Waals surface area (Å²) in [7, 11) is 2.79. The Labute approximate surface area is 117 Å². The number of rotatable bonds is 4. The van der Waals surface area contributed by atoms with E-state index >= 15 is 0 Å². The van der Waals surface area contributed by atoms with Crippen molar-refractivity contribution in [3.8, 4) is 0 Å². The van der Waals surface area contributed by atoms with Gasteiger partial charge in [-0.25, -0.2) is 0 Å². The molecular formula is C17H23NSi. The molecule has 19 heavy (non-hydrogen) atoms. The van der Waals surface area contributed by atoms with Crippen molar-refractivity contribution in [1.82, 2.24) is 4.90 Å². The quantitative estimate of drug-likeness (QED) is 0.769. The lowest BCUT2D eigenvalue weighted by Crippen LogP contribution is -2.52. The molecule has 1 unspecified atom stereocenters. The fourth-order valence-electron chi connectivity index (χ4n) is 3.02. The molecular weight excluding hydrogens is 246 g/mol. The van der Waals surface area contributed by atoms with E-state index in [1.54, 1.807) is 0 Å². The molecule has 0 spiro atoms. The van der Waals surface area contributed by atoms with Crippen LogP contribution in [0.25, 0.3) is 0 Å². The average Bonchev–Trinajstić information content (AvgIpc) is 2.40. The number of benzene rings is 2. The predicted octanol–water partition coefficient (Wildman–Crippen LogP) is 3.44. The predicted molar refractivity (Wildman–Crippen MR) is 86.4 cm³/mol. The fraction of sp³-hybridized carbons (Fsp3) is 0.294. The minimum atomic E-state index is -1.59. The van der Waals surface area contributed by atoms with Crippen LogP contribution in [0.5, 0.6) is 0 Å². The van der Waals surface area contributed by atoms with Crippen LogP contribution in [0.15, 0.2) is 60.7 Å². The topological polar surface area (TPSA) is 3.24 Å². The van der Waals surface area contributed by atoms with Crippen molar-refractivity contribution in [3.63, 3.8) is 0 Å². The van der Waals surface area contributed by atoms with E-state index in [-0.39, 0.29) is 0 Å². The molecule has 2 aromatic carbocycles.